The second-order valence-corrected chi connectivity index (χ2v) is 10.2. The number of nitrogens with zero attached hydrogens (tertiary/aromatic N) is 4. The van der Waals surface area contributed by atoms with Crippen LogP contribution in [0.4, 0.5) is 0 Å². The number of fused-ring (bicyclic) bond motifs is 5. The molecule has 5 rings (SSSR count). The summed E-state index contributed by atoms with van der Waals surface area (Å²) in [5.41, 5.74) is 16.7. The first-order chi connectivity index (χ1) is 18.3. The van der Waals surface area contributed by atoms with Crippen LogP contribution in [0.2, 0.25) is 0 Å². The molecule has 4 aliphatic rings. The van der Waals surface area contributed by atoms with Gasteiger partial charge in [-0.2, -0.15) is 0 Å². The molecule has 39 heavy (non-hydrogen) atoms. The van der Waals surface area contributed by atoms with E-state index in [9.17, 15) is 5.11 Å². The fourth-order valence-electron chi connectivity index (χ4n) is 6.15. The van der Waals surface area contributed by atoms with Gasteiger partial charge in [-0.1, -0.05) is 44.9 Å². The molecule has 0 atom stereocenters. The Morgan fingerprint density at radius 3 is 1.90 bits per heavy atom. The van der Waals surface area contributed by atoms with E-state index >= 15 is 0 Å². The molecule has 205 valence electrons. The normalized spacial score (nSPS) is 19.7. The van der Waals surface area contributed by atoms with Crippen LogP contribution in [0.3, 0.4) is 0 Å². The molecule has 0 unspecified atom stereocenters. The minimum atomic E-state index is 0. The smallest absolute Gasteiger partial charge is 0.877 e. The summed E-state index contributed by atoms with van der Waals surface area (Å²) < 4.78 is 0. The van der Waals surface area contributed by atoms with Gasteiger partial charge >= 0.3 is 17.1 Å². The van der Waals surface area contributed by atoms with E-state index in [-0.39, 0.29) is 17.1 Å². The van der Waals surface area contributed by atoms with E-state index in [2.05, 4.69) is 73.6 Å². The van der Waals surface area contributed by atoms with Crippen LogP contribution >= 0.6 is 0 Å². The van der Waals surface area contributed by atoms with Crippen LogP contribution in [-0.2, 0) is 23.5 Å². The second kappa shape index (κ2) is 11.1. The zero-order chi connectivity index (χ0) is 27.3. The number of allylic oxidation sites excluding steroid dienone is 9. The Balaban J connectivity index is 0.00000353. The molecule has 0 aromatic carbocycles. The number of rotatable bonds is 4. The first kappa shape index (κ1) is 28.8. The maximum absolute atomic E-state index is 12.6. The second-order valence-electron chi connectivity index (χ2n) is 10.2. The van der Waals surface area contributed by atoms with Gasteiger partial charge in [0.15, 0.2) is 0 Å². The minimum absolute atomic E-state index is 0. The van der Waals surface area contributed by atoms with Crippen LogP contribution in [0.5, 0.6) is 0 Å². The van der Waals surface area contributed by atoms with E-state index in [1.165, 1.54) is 22.3 Å². The Morgan fingerprint density at radius 1 is 0.692 bits per heavy atom. The fourth-order valence-corrected chi connectivity index (χ4v) is 6.15. The number of aromatic nitrogens is 1. The summed E-state index contributed by atoms with van der Waals surface area (Å²) >= 11 is 0. The van der Waals surface area contributed by atoms with Crippen LogP contribution in [0.1, 0.15) is 90.2 Å². The van der Waals surface area contributed by atoms with Gasteiger partial charge in [-0.05, 0) is 105 Å². The molecular weight excluding hydrogens is 532 g/mol. The van der Waals surface area contributed by atoms with E-state index in [0.717, 1.165) is 99.8 Å². The number of hydrogen-bond donors (Lipinski definition) is 0. The van der Waals surface area contributed by atoms with Crippen molar-refractivity contribution in [1.29, 1.82) is 0 Å². The molecule has 0 aliphatic carbocycles. The van der Waals surface area contributed by atoms with Crippen molar-refractivity contribution in [2.75, 3.05) is 0 Å². The molecule has 0 N–H and O–H groups in total. The SMILES string of the molecule is CCC1=C(C)C2=NC1=Cc1[n-]c(c(C)c1CC)/C(=C/[O-])C1=NC(=CC3=NC(=C2)C(C)=C3CC)C(CC)=C1C.[Cu+2]. The Morgan fingerprint density at radius 2 is 1.28 bits per heavy atom. The van der Waals surface area contributed by atoms with E-state index in [4.69, 9.17) is 20.0 Å². The van der Waals surface area contributed by atoms with Gasteiger partial charge in [-0.25, -0.2) is 15.0 Å². The van der Waals surface area contributed by atoms with Crippen molar-refractivity contribution in [3.63, 3.8) is 0 Å². The van der Waals surface area contributed by atoms with Gasteiger partial charge in [0.25, 0.3) is 0 Å². The molecular formula is C33H36CuN4O. The summed E-state index contributed by atoms with van der Waals surface area (Å²) in [6.45, 7) is 17.0. The van der Waals surface area contributed by atoms with Crippen molar-refractivity contribution in [1.82, 2.24) is 4.98 Å². The summed E-state index contributed by atoms with van der Waals surface area (Å²) in [6.07, 6.45) is 10.7. The fraction of sp³-hybridized carbons (Fsp3) is 0.364. The molecule has 4 aliphatic heterocycles. The quantitative estimate of drug-likeness (QED) is 0.294. The molecule has 1 aromatic heterocycles. The zero-order valence-corrected chi connectivity index (χ0v) is 25.1. The van der Waals surface area contributed by atoms with Gasteiger partial charge in [-0.15, -0.1) is 17.6 Å². The van der Waals surface area contributed by atoms with Crippen molar-refractivity contribution < 1.29 is 22.2 Å². The van der Waals surface area contributed by atoms with Gasteiger partial charge in [0.2, 0.25) is 0 Å². The summed E-state index contributed by atoms with van der Waals surface area (Å²) in [7, 11) is 0. The predicted molar refractivity (Wildman–Crippen MR) is 157 cm³/mol. The summed E-state index contributed by atoms with van der Waals surface area (Å²) in [5.74, 6) is 0. The first-order valence-corrected chi connectivity index (χ1v) is 13.8. The van der Waals surface area contributed by atoms with Crippen molar-refractivity contribution in [2.24, 2.45) is 15.0 Å². The van der Waals surface area contributed by atoms with Gasteiger partial charge in [0.1, 0.15) is 0 Å². The summed E-state index contributed by atoms with van der Waals surface area (Å²) in [4.78, 5) is 20.3. The Bertz CT molecular complexity index is 1570. The minimum Gasteiger partial charge on any atom is -0.877 e. The molecule has 8 bridgehead atoms. The summed E-state index contributed by atoms with van der Waals surface area (Å²) in [6, 6.07) is 0. The Labute approximate surface area is 242 Å². The Kier molecular flexibility index (Phi) is 8.20. The summed E-state index contributed by atoms with van der Waals surface area (Å²) in [5, 5.41) is 12.6. The third kappa shape index (κ3) is 4.54. The average Bonchev–Trinajstić information content (AvgIpc) is 3.57. The zero-order valence-electron chi connectivity index (χ0n) is 24.1. The molecule has 5 nitrogen and oxygen atoms in total. The maximum Gasteiger partial charge on any atom is 2.00 e. The van der Waals surface area contributed by atoms with Crippen molar-refractivity contribution in [3.8, 4) is 0 Å². The topological polar surface area (TPSA) is 74.2 Å². The van der Waals surface area contributed by atoms with Crippen LogP contribution in [0.25, 0.3) is 11.6 Å². The van der Waals surface area contributed by atoms with E-state index < -0.39 is 0 Å². The molecule has 5 heterocycles. The number of aliphatic imine (C=N–C) groups is 3. The molecule has 0 amide bonds. The Hall–Kier alpha value is -3.21. The van der Waals surface area contributed by atoms with Crippen LogP contribution in [-0.4, -0.2) is 17.1 Å². The monoisotopic (exact) mass is 567 g/mol. The first-order valence-electron chi connectivity index (χ1n) is 13.8. The molecule has 6 heteroatoms. The molecule has 0 fully saturated rings. The average molecular weight is 568 g/mol. The van der Waals surface area contributed by atoms with Crippen LogP contribution in [0.15, 0.2) is 83.9 Å². The van der Waals surface area contributed by atoms with E-state index in [1.54, 1.807) is 0 Å². The molecule has 1 radical (unpaired) electrons. The largest absolute Gasteiger partial charge is 2.00 e. The van der Waals surface area contributed by atoms with E-state index in [0.29, 0.717) is 5.57 Å². The predicted octanol–water partition coefficient (Wildman–Crippen LogP) is 6.88. The van der Waals surface area contributed by atoms with Gasteiger partial charge < -0.3 is 10.1 Å². The standard InChI is InChI=1S/C33H37N4O.Cu/c1-9-21-17(5)26-13-27-18(6)22(10-2)29(35-27)15-31-24(12-4)20(8)33(37-31)25(16-38)32-19(7)23(11-3)30(36-32)14-28(21)34-26;/h13-16H,9-12H2,1-8H3,(H-,34,35,36,37,38);/q-1;+2/p-1. The molecule has 0 spiro atoms. The number of hydrogen-bond acceptors (Lipinski definition) is 4. The van der Waals surface area contributed by atoms with E-state index in [1.807, 2.05) is 0 Å². The maximum atomic E-state index is 12.6. The van der Waals surface area contributed by atoms with Crippen molar-refractivity contribution in [3.05, 3.63) is 91.5 Å². The van der Waals surface area contributed by atoms with Gasteiger partial charge in [0, 0.05) is 0 Å². The van der Waals surface area contributed by atoms with Crippen molar-refractivity contribution >= 4 is 28.8 Å². The van der Waals surface area contributed by atoms with Crippen LogP contribution in [0, 0.1) is 6.92 Å². The molecule has 0 saturated carbocycles. The van der Waals surface area contributed by atoms with Crippen molar-refractivity contribution in [2.45, 2.75) is 81.1 Å². The molecule has 0 saturated heterocycles. The third-order valence-corrected chi connectivity index (χ3v) is 8.34. The van der Waals surface area contributed by atoms with Crippen LogP contribution < -0.4 is 10.1 Å². The third-order valence-electron chi connectivity index (χ3n) is 8.34. The molecule has 1 aromatic rings. The van der Waals surface area contributed by atoms with Gasteiger partial charge in [-0.3, -0.25) is 0 Å². The van der Waals surface area contributed by atoms with Gasteiger partial charge in [0.05, 0.1) is 34.2 Å².